The minimum Gasteiger partial charge on any atom is -0.491 e. The van der Waals surface area contributed by atoms with Crippen LogP contribution in [-0.2, 0) is 42.6 Å². The molecule has 0 N–H and O–H groups in total. The van der Waals surface area contributed by atoms with Gasteiger partial charge in [-0.15, -0.1) is 0 Å². The molecule has 0 saturated heterocycles. The number of carbonyl (C=O) groups is 1. The van der Waals surface area contributed by atoms with Crippen molar-refractivity contribution in [2.45, 2.75) is 0 Å². The van der Waals surface area contributed by atoms with Crippen molar-refractivity contribution >= 4 is 28.9 Å². The molecule has 0 radical (unpaired) electrons. The summed E-state index contributed by atoms with van der Waals surface area (Å²) >= 11 is 2.27. The number of ether oxygens (including phenoxy) is 10. The topological polar surface area (TPSA) is 109 Å². The van der Waals surface area contributed by atoms with Gasteiger partial charge in [0.05, 0.1) is 119 Å². The summed E-state index contributed by atoms with van der Waals surface area (Å²) in [7, 11) is 0. The number of halogens is 1. The third kappa shape index (κ3) is 25.8. The summed E-state index contributed by atoms with van der Waals surface area (Å²) in [5.41, 5.74) is 0.621. The lowest BCUT2D eigenvalue weighted by atomic mass is 10.2. The van der Waals surface area contributed by atoms with E-state index in [0.717, 1.165) is 17.3 Å². The second kappa shape index (κ2) is 30.0. The van der Waals surface area contributed by atoms with Crippen LogP contribution < -0.4 is 4.74 Å². The number of carbonyl (C=O) groups excluding carboxylic acids is 1. The zero-order valence-electron chi connectivity index (χ0n) is 22.9. The number of hydrogen-bond acceptors (Lipinski definition) is 11. The van der Waals surface area contributed by atoms with E-state index < -0.39 is 0 Å². The van der Waals surface area contributed by atoms with Crippen molar-refractivity contribution in [3.63, 3.8) is 0 Å². The average Bonchev–Trinajstić information content (AvgIpc) is 2.96. The molecule has 0 aromatic heterocycles. The Balaban J connectivity index is 1.66. The molecule has 11 nitrogen and oxygen atoms in total. The fourth-order valence-electron chi connectivity index (χ4n) is 2.78. The van der Waals surface area contributed by atoms with Gasteiger partial charge in [-0.2, -0.15) is 0 Å². The zero-order valence-corrected chi connectivity index (χ0v) is 25.1. The smallest absolute Gasteiger partial charge is 0.150 e. The van der Waals surface area contributed by atoms with Gasteiger partial charge < -0.3 is 47.4 Å². The van der Waals surface area contributed by atoms with Gasteiger partial charge in [-0.3, -0.25) is 4.79 Å². The van der Waals surface area contributed by atoms with Gasteiger partial charge in [-0.1, -0.05) is 22.6 Å². The SMILES string of the molecule is O=Cc1ccc(OCCOCCOCCOCCOCCOCCOCCOCCOCCOCCI)cc1. The highest BCUT2D eigenvalue weighted by atomic mass is 127. The second-order valence-corrected chi connectivity index (χ2v) is 8.81. The average molecular weight is 673 g/mol. The maximum Gasteiger partial charge on any atom is 0.150 e. The number of rotatable bonds is 31. The van der Waals surface area contributed by atoms with Gasteiger partial charge in [-0.25, -0.2) is 0 Å². The van der Waals surface area contributed by atoms with Crippen LogP contribution in [0.1, 0.15) is 10.4 Å². The molecule has 1 rings (SSSR count). The van der Waals surface area contributed by atoms with Crippen molar-refractivity contribution in [2.24, 2.45) is 0 Å². The third-order valence-electron chi connectivity index (χ3n) is 4.71. The summed E-state index contributed by atoms with van der Waals surface area (Å²) in [6.45, 7) is 10.1. The van der Waals surface area contributed by atoms with Gasteiger partial charge in [0.25, 0.3) is 0 Å². The lowest BCUT2D eigenvalue weighted by Crippen LogP contribution is -2.15. The molecular formula is C27H45IO11. The fraction of sp³-hybridized carbons (Fsp3) is 0.741. The number of aldehydes is 1. The Kier molecular flexibility index (Phi) is 27.8. The summed E-state index contributed by atoms with van der Waals surface area (Å²) in [4.78, 5) is 10.6. The van der Waals surface area contributed by atoms with E-state index in [-0.39, 0.29) is 0 Å². The lowest BCUT2D eigenvalue weighted by molar-refractivity contribution is -0.0251. The van der Waals surface area contributed by atoms with E-state index in [0.29, 0.717) is 130 Å². The minimum absolute atomic E-state index is 0.435. The molecule has 0 aliphatic carbocycles. The highest BCUT2D eigenvalue weighted by Crippen LogP contribution is 2.10. The molecule has 0 aliphatic rings. The summed E-state index contributed by atoms with van der Waals surface area (Å²) in [5, 5.41) is 0. The van der Waals surface area contributed by atoms with Crippen molar-refractivity contribution in [3.05, 3.63) is 29.8 Å². The standard InChI is InChI=1S/C27H45IO11/c28-5-6-30-7-8-31-9-10-32-11-12-33-13-14-34-15-16-35-17-18-36-19-20-37-21-22-38-23-24-39-27-3-1-26(25-29)2-4-27/h1-4,25H,5-24H2. The Hall–Kier alpha value is -0.940. The highest BCUT2D eigenvalue weighted by Gasteiger charge is 1.97. The van der Waals surface area contributed by atoms with Crippen molar-refractivity contribution in [2.75, 3.05) is 130 Å². The minimum atomic E-state index is 0.435. The van der Waals surface area contributed by atoms with Crippen LogP contribution in [-0.4, -0.2) is 136 Å². The van der Waals surface area contributed by atoms with Gasteiger partial charge in [0.2, 0.25) is 0 Å². The molecule has 12 heteroatoms. The van der Waals surface area contributed by atoms with Crippen LogP contribution in [0.15, 0.2) is 24.3 Å². The second-order valence-electron chi connectivity index (χ2n) is 7.74. The quantitative estimate of drug-likeness (QED) is 0.0503. The van der Waals surface area contributed by atoms with E-state index in [1.54, 1.807) is 24.3 Å². The molecule has 0 amide bonds. The molecule has 0 atom stereocenters. The van der Waals surface area contributed by atoms with Crippen LogP contribution in [0.25, 0.3) is 0 Å². The van der Waals surface area contributed by atoms with Crippen LogP contribution in [0.2, 0.25) is 0 Å². The Morgan fingerprint density at radius 3 is 1.00 bits per heavy atom. The van der Waals surface area contributed by atoms with E-state index >= 15 is 0 Å². The summed E-state index contributed by atoms with van der Waals surface area (Å²) in [6, 6.07) is 6.94. The molecule has 0 aliphatic heterocycles. The van der Waals surface area contributed by atoms with Gasteiger partial charge in [0.15, 0.2) is 0 Å². The lowest BCUT2D eigenvalue weighted by Gasteiger charge is -2.09. The van der Waals surface area contributed by atoms with Gasteiger partial charge in [-0.05, 0) is 24.3 Å². The Labute approximate surface area is 246 Å². The van der Waals surface area contributed by atoms with E-state index in [1.807, 2.05) is 0 Å². The fourth-order valence-corrected chi connectivity index (χ4v) is 3.09. The van der Waals surface area contributed by atoms with E-state index in [9.17, 15) is 4.79 Å². The summed E-state index contributed by atoms with van der Waals surface area (Å²) in [5.74, 6) is 0.707. The number of alkyl halides is 1. The van der Waals surface area contributed by atoms with Crippen LogP contribution in [0.3, 0.4) is 0 Å². The predicted molar refractivity (Wildman–Crippen MR) is 154 cm³/mol. The first-order valence-corrected chi connectivity index (χ1v) is 14.8. The van der Waals surface area contributed by atoms with Gasteiger partial charge >= 0.3 is 0 Å². The zero-order chi connectivity index (χ0) is 27.9. The normalized spacial score (nSPS) is 11.2. The molecule has 1 aromatic rings. The largest absolute Gasteiger partial charge is 0.491 e. The number of hydrogen-bond donors (Lipinski definition) is 0. The van der Waals surface area contributed by atoms with E-state index in [1.165, 1.54) is 0 Å². The van der Waals surface area contributed by atoms with Gasteiger partial charge in [0.1, 0.15) is 18.6 Å². The summed E-state index contributed by atoms with van der Waals surface area (Å²) in [6.07, 6.45) is 0.799. The van der Waals surface area contributed by atoms with Crippen molar-refractivity contribution in [1.29, 1.82) is 0 Å². The molecule has 0 bridgehead atoms. The molecule has 0 unspecified atom stereocenters. The van der Waals surface area contributed by atoms with Gasteiger partial charge in [0, 0.05) is 9.99 Å². The van der Waals surface area contributed by atoms with E-state index in [4.69, 9.17) is 47.4 Å². The van der Waals surface area contributed by atoms with Crippen LogP contribution in [0, 0.1) is 0 Å². The molecule has 0 heterocycles. The van der Waals surface area contributed by atoms with Crippen molar-refractivity contribution < 1.29 is 52.2 Å². The summed E-state index contributed by atoms with van der Waals surface area (Å²) < 4.78 is 55.4. The first-order chi connectivity index (χ1) is 19.4. The Bertz CT molecular complexity index is 637. The maximum atomic E-state index is 10.6. The number of benzene rings is 1. The van der Waals surface area contributed by atoms with Crippen LogP contribution >= 0.6 is 22.6 Å². The first kappa shape index (κ1) is 36.1. The Morgan fingerprint density at radius 1 is 0.436 bits per heavy atom. The predicted octanol–water partition coefficient (Wildman–Crippen LogP) is 2.46. The molecule has 0 fully saturated rings. The van der Waals surface area contributed by atoms with Crippen LogP contribution in [0.5, 0.6) is 5.75 Å². The molecule has 1 aromatic carbocycles. The maximum absolute atomic E-state index is 10.6. The molecular weight excluding hydrogens is 627 g/mol. The van der Waals surface area contributed by atoms with E-state index in [2.05, 4.69) is 22.6 Å². The van der Waals surface area contributed by atoms with Crippen LogP contribution in [0.4, 0.5) is 0 Å². The van der Waals surface area contributed by atoms with Crippen molar-refractivity contribution in [3.8, 4) is 5.75 Å². The molecule has 0 saturated carbocycles. The monoisotopic (exact) mass is 672 g/mol. The Morgan fingerprint density at radius 2 is 0.718 bits per heavy atom. The molecule has 226 valence electrons. The van der Waals surface area contributed by atoms with Crippen molar-refractivity contribution in [1.82, 2.24) is 0 Å². The molecule has 0 spiro atoms. The third-order valence-corrected chi connectivity index (χ3v) is 5.15. The highest BCUT2D eigenvalue weighted by molar-refractivity contribution is 14.1. The first-order valence-electron chi connectivity index (χ1n) is 13.3. The molecule has 39 heavy (non-hydrogen) atoms.